The Hall–Kier alpha value is -1.20. The molecule has 0 fully saturated rings. The molecule has 0 radical (unpaired) electrons. The van der Waals surface area contributed by atoms with Gasteiger partial charge in [-0.2, -0.15) is 8.78 Å². The summed E-state index contributed by atoms with van der Waals surface area (Å²) in [6.45, 7) is 1.20. The van der Waals surface area contributed by atoms with Gasteiger partial charge in [-0.05, 0) is 19.0 Å². The van der Waals surface area contributed by atoms with E-state index in [4.69, 9.17) is 5.11 Å². The predicted molar refractivity (Wildman–Crippen MR) is 70.3 cm³/mol. The molecule has 1 N–H and O–H groups in total. The van der Waals surface area contributed by atoms with Gasteiger partial charge in [-0.3, -0.25) is 4.90 Å². The third-order valence-electron chi connectivity index (χ3n) is 2.83. The lowest BCUT2D eigenvalue weighted by atomic mass is 10.2. The van der Waals surface area contributed by atoms with Crippen LogP contribution in [0.5, 0.6) is 5.75 Å². The number of benzene rings is 1. The first-order valence-corrected chi connectivity index (χ1v) is 6.53. The minimum absolute atomic E-state index is 0.0571. The van der Waals surface area contributed by atoms with Crippen molar-refractivity contribution in [1.29, 1.82) is 0 Å². The Morgan fingerprint density at radius 1 is 1.26 bits per heavy atom. The van der Waals surface area contributed by atoms with Gasteiger partial charge in [0.1, 0.15) is 5.75 Å². The number of nitrogens with zero attached hydrogens (tertiary/aromatic N) is 1. The monoisotopic (exact) mass is 273 g/mol. The third kappa shape index (κ3) is 5.98. The lowest BCUT2D eigenvalue weighted by Crippen LogP contribution is -2.27. The summed E-state index contributed by atoms with van der Waals surface area (Å²) >= 11 is 0. The zero-order valence-corrected chi connectivity index (χ0v) is 11.2. The molecule has 0 saturated heterocycles. The van der Waals surface area contributed by atoms with Crippen LogP contribution >= 0.6 is 0 Å². The molecule has 0 spiro atoms. The molecule has 0 saturated carbocycles. The number of para-hydroxylation sites is 1. The van der Waals surface area contributed by atoms with Crippen LogP contribution in [-0.2, 0) is 6.54 Å². The van der Waals surface area contributed by atoms with Gasteiger partial charge in [0.25, 0.3) is 0 Å². The van der Waals surface area contributed by atoms with E-state index < -0.39 is 6.61 Å². The summed E-state index contributed by atoms with van der Waals surface area (Å²) in [5.41, 5.74) is 0.715. The fraction of sp³-hybridized carbons (Fsp3) is 0.571. The quantitative estimate of drug-likeness (QED) is 0.751. The van der Waals surface area contributed by atoms with E-state index in [9.17, 15) is 8.78 Å². The van der Waals surface area contributed by atoms with Crippen LogP contribution in [0.2, 0.25) is 0 Å². The number of hydrogen-bond donors (Lipinski definition) is 1. The topological polar surface area (TPSA) is 32.7 Å². The first kappa shape index (κ1) is 15.9. The molecule has 0 aromatic heterocycles. The summed E-state index contributed by atoms with van der Waals surface area (Å²) in [7, 11) is 0. The largest absolute Gasteiger partial charge is 0.434 e. The summed E-state index contributed by atoms with van der Waals surface area (Å²) in [6.07, 6.45) is 2.06. The van der Waals surface area contributed by atoms with E-state index in [-0.39, 0.29) is 12.4 Å². The Bertz CT molecular complexity index is 361. The number of halogens is 2. The number of ether oxygens (including phenoxy) is 1. The van der Waals surface area contributed by atoms with Crippen LogP contribution in [0.25, 0.3) is 0 Å². The van der Waals surface area contributed by atoms with E-state index in [0.717, 1.165) is 19.4 Å². The van der Waals surface area contributed by atoms with E-state index in [1.165, 1.54) is 0 Å². The van der Waals surface area contributed by atoms with Gasteiger partial charge >= 0.3 is 6.61 Å². The van der Waals surface area contributed by atoms with Crippen molar-refractivity contribution in [2.45, 2.75) is 32.9 Å². The Labute approximate surface area is 112 Å². The normalized spacial score (nSPS) is 11.3. The van der Waals surface area contributed by atoms with Crippen molar-refractivity contribution >= 4 is 0 Å². The average molecular weight is 273 g/mol. The zero-order valence-electron chi connectivity index (χ0n) is 11.2. The predicted octanol–water partition coefficient (Wildman–Crippen LogP) is 2.88. The number of hydrogen-bond acceptors (Lipinski definition) is 3. The Morgan fingerprint density at radius 3 is 2.63 bits per heavy atom. The van der Waals surface area contributed by atoms with Crippen molar-refractivity contribution in [3.63, 3.8) is 0 Å². The minimum atomic E-state index is -2.82. The van der Waals surface area contributed by atoms with Gasteiger partial charge in [-0.15, -0.1) is 0 Å². The average Bonchev–Trinajstić information content (AvgIpc) is 2.38. The molecular formula is C14H21F2NO2. The summed E-state index contributed by atoms with van der Waals surface area (Å²) in [6, 6.07) is 6.78. The van der Waals surface area contributed by atoms with E-state index in [0.29, 0.717) is 18.7 Å². The van der Waals surface area contributed by atoms with Gasteiger partial charge < -0.3 is 9.84 Å². The zero-order chi connectivity index (χ0) is 14.1. The highest BCUT2D eigenvalue weighted by molar-refractivity contribution is 5.33. The molecular weight excluding hydrogens is 252 g/mol. The molecule has 1 aromatic carbocycles. The lowest BCUT2D eigenvalue weighted by Gasteiger charge is -2.22. The standard InChI is InChI=1S/C14H21F2NO2/c1-2-3-8-17(9-10-18)11-12-6-4-5-7-13(12)19-14(15)16/h4-7,14,18H,2-3,8-11H2,1H3. The van der Waals surface area contributed by atoms with Gasteiger partial charge in [0.05, 0.1) is 6.61 Å². The van der Waals surface area contributed by atoms with E-state index in [1.807, 2.05) is 4.90 Å². The highest BCUT2D eigenvalue weighted by Crippen LogP contribution is 2.21. The maximum Gasteiger partial charge on any atom is 0.387 e. The first-order chi connectivity index (χ1) is 9.17. The lowest BCUT2D eigenvalue weighted by molar-refractivity contribution is -0.0508. The first-order valence-electron chi connectivity index (χ1n) is 6.53. The third-order valence-corrected chi connectivity index (χ3v) is 2.83. The van der Waals surface area contributed by atoms with Crippen LogP contribution in [0.1, 0.15) is 25.3 Å². The van der Waals surface area contributed by atoms with Crippen LogP contribution in [0.4, 0.5) is 8.78 Å². The van der Waals surface area contributed by atoms with Gasteiger partial charge in [0, 0.05) is 18.7 Å². The second kappa shape index (κ2) is 8.82. The molecule has 5 heteroatoms. The van der Waals surface area contributed by atoms with Gasteiger partial charge in [0.15, 0.2) is 0 Å². The summed E-state index contributed by atoms with van der Waals surface area (Å²) in [4.78, 5) is 2.04. The molecule has 108 valence electrons. The molecule has 0 aliphatic heterocycles. The van der Waals surface area contributed by atoms with E-state index >= 15 is 0 Å². The number of aliphatic hydroxyl groups is 1. The van der Waals surface area contributed by atoms with E-state index in [1.54, 1.807) is 24.3 Å². The molecule has 0 aliphatic rings. The highest BCUT2D eigenvalue weighted by atomic mass is 19.3. The molecule has 0 amide bonds. The Balaban J connectivity index is 2.71. The molecule has 0 heterocycles. The van der Waals surface area contributed by atoms with Crippen molar-refractivity contribution in [1.82, 2.24) is 4.90 Å². The molecule has 3 nitrogen and oxygen atoms in total. The molecule has 1 rings (SSSR count). The highest BCUT2D eigenvalue weighted by Gasteiger charge is 2.12. The molecule has 0 unspecified atom stereocenters. The van der Waals surface area contributed by atoms with Gasteiger partial charge in [0.2, 0.25) is 0 Å². The van der Waals surface area contributed by atoms with Gasteiger partial charge in [-0.25, -0.2) is 0 Å². The number of alkyl halides is 2. The van der Waals surface area contributed by atoms with Crippen molar-refractivity contribution in [2.24, 2.45) is 0 Å². The van der Waals surface area contributed by atoms with Crippen molar-refractivity contribution in [3.05, 3.63) is 29.8 Å². The summed E-state index contributed by atoms with van der Waals surface area (Å²) in [5, 5.41) is 9.04. The van der Waals surface area contributed by atoms with Crippen LogP contribution in [0.3, 0.4) is 0 Å². The second-order valence-electron chi connectivity index (χ2n) is 4.34. The fourth-order valence-corrected chi connectivity index (χ4v) is 1.88. The molecule has 0 aliphatic carbocycles. The molecule has 19 heavy (non-hydrogen) atoms. The van der Waals surface area contributed by atoms with Crippen LogP contribution in [-0.4, -0.2) is 36.3 Å². The Kier molecular flexibility index (Phi) is 7.36. The maximum absolute atomic E-state index is 12.3. The fourth-order valence-electron chi connectivity index (χ4n) is 1.88. The maximum atomic E-state index is 12.3. The number of rotatable bonds is 9. The molecule has 1 aromatic rings. The van der Waals surface area contributed by atoms with Crippen LogP contribution in [0.15, 0.2) is 24.3 Å². The minimum Gasteiger partial charge on any atom is -0.434 e. The molecule has 0 bridgehead atoms. The second-order valence-corrected chi connectivity index (χ2v) is 4.34. The smallest absolute Gasteiger partial charge is 0.387 e. The Morgan fingerprint density at radius 2 is 2.00 bits per heavy atom. The number of aliphatic hydroxyl groups excluding tert-OH is 1. The summed E-state index contributed by atoms with van der Waals surface area (Å²) < 4.78 is 29.1. The SMILES string of the molecule is CCCCN(CCO)Cc1ccccc1OC(F)F. The molecule has 0 atom stereocenters. The van der Waals surface area contributed by atoms with Crippen molar-refractivity contribution < 1.29 is 18.6 Å². The summed E-state index contributed by atoms with van der Waals surface area (Å²) in [5.74, 6) is 0.205. The number of unbranched alkanes of at least 4 members (excludes halogenated alkanes) is 1. The van der Waals surface area contributed by atoms with Crippen LogP contribution < -0.4 is 4.74 Å². The van der Waals surface area contributed by atoms with Gasteiger partial charge in [-0.1, -0.05) is 31.5 Å². The van der Waals surface area contributed by atoms with Crippen LogP contribution in [0, 0.1) is 0 Å². The van der Waals surface area contributed by atoms with Crippen molar-refractivity contribution in [3.8, 4) is 5.75 Å². The van der Waals surface area contributed by atoms with Crippen molar-refractivity contribution in [2.75, 3.05) is 19.7 Å². The van der Waals surface area contributed by atoms with E-state index in [2.05, 4.69) is 11.7 Å².